The zero-order valence-electron chi connectivity index (χ0n) is 15.3. The second kappa shape index (κ2) is 8.24. The van der Waals surface area contributed by atoms with E-state index in [2.05, 4.69) is 10.1 Å². The number of hydrogen-bond donors (Lipinski definition) is 1. The van der Waals surface area contributed by atoms with Crippen LogP contribution in [0.3, 0.4) is 0 Å². The van der Waals surface area contributed by atoms with Gasteiger partial charge in [0.25, 0.3) is 5.91 Å². The molecule has 0 saturated carbocycles. The van der Waals surface area contributed by atoms with Gasteiger partial charge in [0.15, 0.2) is 11.5 Å². The molecule has 0 spiro atoms. The van der Waals surface area contributed by atoms with Crippen molar-refractivity contribution in [3.63, 3.8) is 0 Å². The highest BCUT2D eigenvalue weighted by atomic mass is 16.5. The van der Waals surface area contributed by atoms with E-state index < -0.39 is 5.97 Å². The molecule has 7 nitrogen and oxygen atoms in total. The first-order valence-electron chi connectivity index (χ1n) is 7.75. The molecule has 7 heteroatoms. The first-order valence-corrected chi connectivity index (χ1v) is 7.75. The van der Waals surface area contributed by atoms with Crippen molar-refractivity contribution in [2.75, 3.05) is 33.8 Å². The normalized spacial score (nSPS) is 10.0. The Hall–Kier alpha value is -3.22. The number of nitrogens with one attached hydrogen (secondary N) is 1. The molecule has 0 saturated heterocycles. The second-order valence-electron chi connectivity index (χ2n) is 5.39. The third kappa shape index (κ3) is 3.88. The fourth-order valence-electron chi connectivity index (χ4n) is 2.46. The van der Waals surface area contributed by atoms with E-state index in [4.69, 9.17) is 14.2 Å². The van der Waals surface area contributed by atoms with Crippen LogP contribution in [0, 0.1) is 6.92 Å². The molecule has 0 aliphatic heterocycles. The van der Waals surface area contributed by atoms with Gasteiger partial charge >= 0.3 is 5.97 Å². The first-order chi connectivity index (χ1) is 12.4. The monoisotopic (exact) mass is 359 g/mol. The number of amides is 1. The van der Waals surface area contributed by atoms with Gasteiger partial charge in [-0.2, -0.15) is 0 Å². The number of aryl methyl sites for hydroxylation is 1. The fraction of sp³-hybridized carbons (Fsp3) is 0.263. The summed E-state index contributed by atoms with van der Waals surface area (Å²) in [6.07, 6.45) is 0. The summed E-state index contributed by atoms with van der Waals surface area (Å²) in [5, 5.41) is 2.81. The van der Waals surface area contributed by atoms with Crippen LogP contribution in [0.5, 0.6) is 17.2 Å². The van der Waals surface area contributed by atoms with Gasteiger partial charge in [0, 0.05) is 11.3 Å². The molecule has 0 fully saturated rings. The molecule has 0 atom stereocenters. The van der Waals surface area contributed by atoms with Crippen LogP contribution in [-0.4, -0.2) is 40.3 Å². The minimum absolute atomic E-state index is 0.343. The third-order valence-corrected chi connectivity index (χ3v) is 3.82. The van der Waals surface area contributed by atoms with Gasteiger partial charge in [-0.05, 0) is 42.8 Å². The molecule has 2 aromatic rings. The lowest BCUT2D eigenvalue weighted by Gasteiger charge is -2.15. The van der Waals surface area contributed by atoms with Gasteiger partial charge in [0.2, 0.25) is 5.75 Å². The summed E-state index contributed by atoms with van der Waals surface area (Å²) in [5.41, 5.74) is 2.07. The van der Waals surface area contributed by atoms with E-state index in [0.29, 0.717) is 34.1 Å². The van der Waals surface area contributed by atoms with E-state index in [9.17, 15) is 9.59 Å². The summed E-state index contributed by atoms with van der Waals surface area (Å²) in [7, 11) is 5.77. The minimum Gasteiger partial charge on any atom is -0.493 e. The predicted molar refractivity (Wildman–Crippen MR) is 96.6 cm³/mol. The molecule has 1 amide bonds. The van der Waals surface area contributed by atoms with Gasteiger partial charge < -0.3 is 24.3 Å². The highest BCUT2D eigenvalue weighted by Gasteiger charge is 2.18. The summed E-state index contributed by atoms with van der Waals surface area (Å²) in [6, 6.07) is 8.02. The van der Waals surface area contributed by atoms with Gasteiger partial charge in [-0.15, -0.1) is 0 Å². The van der Waals surface area contributed by atoms with E-state index in [1.54, 1.807) is 37.3 Å². The van der Waals surface area contributed by atoms with Gasteiger partial charge in [-0.1, -0.05) is 0 Å². The quantitative estimate of drug-likeness (QED) is 0.798. The number of carbonyl (C=O) groups excluding carboxylic acids is 2. The zero-order valence-corrected chi connectivity index (χ0v) is 15.3. The number of carbonyl (C=O) groups is 2. The highest BCUT2D eigenvalue weighted by Crippen LogP contribution is 2.38. The van der Waals surface area contributed by atoms with Gasteiger partial charge in [0.05, 0.1) is 34.0 Å². The van der Waals surface area contributed by atoms with E-state index in [1.165, 1.54) is 28.4 Å². The van der Waals surface area contributed by atoms with Crippen LogP contribution in [0.1, 0.15) is 26.3 Å². The first kappa shape index (κ1) is 19.1. The molecule has 0 heterocycles. The number of rotatable bonds is 6. The molecule has 2 aromatic carbocycles. The summed E-state index contributed by atoms with van der Waals surface area (Å²) in [4.78, 5) is 24.2. The molecule has 0 radical (unpaired) electrons. The molecule has 138 valence electrons. The van der Waals surface area contributed by atoms with Crippen molar-refractivity contribution in [1.29, 1.82) is 0 Å². The molecular formula is C19H21NO6. The summed E-state index contributed by atoms with van der Waals surface area (Å²) < 4.78 is 20.5. The SMILES string of the molecule is COC(=O)c1ccc(NC(=O)c2cc(OC)c(OC)c(OC)c2)c(C)c1. The van der Waals surface area contributed by atoms with Gasteiger partial charge in [0.1, 0.15) is 0 Å². The average molecular weight is 359 g/mol. The smallest absolute Gasteiger partial charge is 0.337 e. The molecule has 0 aliphatic carbocycles. The standard InChI is InChI=1S/C19H21NO6/c1-11-8-12(19(22)26-5)6-7-14(11)20-18(21)13-9-15(23-2)17(25-4)16(10-13)24-3/h6-10H,1-5H3,(H,20,21). The lowest BCUT2D eigenvalue weighted by atomic mass is 10.1. The Balaban J connectivity index is 2.31. The number of methoxy groups -OCH3 is 4. The van der Waals surface area contributed by atoms with Crippen LogP contribution in [0.4, 0.5) is 5.69 Å². The number of esters is 1. The maximum atomic E-state index is 12.6. The molecule has 1 N–H and O–H groups in total. The summed E-state index contributed by atoms with van der Waals surface area (Å²) in [5.74, 6) is 0.392. The molecule has 0 aliphatic rings. The second-order valence-corrected chi connectivity index (χ2v) is 5.39. The topological polar surface area (TPSA) is 83.1 Å². The Morgan fingerprint density at radius 1 is 0.846 bits per heavy atom. The lowest BCUT2D eigenvalue weighted by Crippen LogP contribution is -2.14. The Kier molecular flexibility index (Phi) is 6.06. The van der Waals surface area contributed by atoms with Crippen LogP contribution in [0.15, 0.2) is 30.3 Å². The molecule has 0 aromatic heterocycles. The molecule has 0 unspecified atom stereocenters. The highest BCUT2D eigenvalue weighted by molar-refractivity contribution is 6.05. The van der Waals surface area contributed by atoms with Crippen LogP contribution >= 0.6 is 0 Å². The van der Waals surface area contributed by atoms with Crippen molar-refractivity contribution in [1.82, 2.24) is 0 Å². The van der Waals surface area contributed by atoms with Crippen molar-refractivity contribution in [2.45, 2.75) is 6.92 Å². The summed E-state index contributed by atoms with van der Waals surface area (Å²) in [6.45, 7) is 1.79. The van der Waals surface area contributed by atoms with Crippen LogP contribution in [-0.2, 0) is 4.74 Å². The summed E-state index contributed by atoms with van der Waals surface area (Å²) >= 11 is 0. The van der Waals surface area contributed by atoms with Crippen molar-refractivity contribution in [2.24, 2.45) is 0 Å². The van der Waals surface area contributed by atoms with E-state index in [-0.39, 0.29) is 5.91 Å². The molecule has 2 rings (SSSR count). The number of benzene rings is 2. The fourth-order valence-corrected chi connectivity index (χ4v) is 2.46. The Labute approximate surface area is 151 Å². The lowest BCUT2D eigenvalue weighted by molar-refractivity contribution is 0.0600. The van der Waals surface area contributed by atoms with Crippen LogP contribution < -0.4 is 19.5 Å². The van der Waals surface area contributed by atoms with E-state index in [1.807, 2.05) is 0 Å². The number of hydrogen-bond acceptors (Lipinski definition) is 6. The number of anilines is 1. The van der Waals surface area contributed by atoms with Crippen molar-refractivity contribution < 1.29 is 28.5 Å². The molecule has 0 bridgehead atoms. The van der Waals surface area contributed by atoms with Crippen molar-refractivity contribution >= 4 is 17.6 Å². The van der Waals surface area contributed by atoms with Crippen LogP contribution in [0.25, 0.3) is 0 Å². The number of ether oxygens (including phenoxy) is 4. The predicted octanol–water partition coefficient (Wildman–Crippen LogP) is 3.06. The molecule has 26 heavy (non-hydrogen) atoms. The van der Waals surface area contributed by atoms with Gasteiger partial charge in [-0.25, -0.2) is 4.79 Å². The van der Waals surface area contributed by atoms with Crippen molar-refractivity contribution in [3.8, 4) is 17.2 Å². The molecular weight excluding hydrogens is 338 g/mol. The zero-order chi connectivity index (χ0) is 19.3. The van der Waals surface area contributed by atoms with E-state index >= 15 is 0 Å². The van der Waals surface area contributed by atoms with Crippen LogP contribution in [0.2, 0.25) is 0 Å². The third-order valence-electron chi connectivity index (χ3n) is 3.82. The minimum atomic E-state index is -0.435. The largest absolute Gasteiger partial charge is 0.493 e. The maximum absolute atomic E-state index is 12.6. The Bertz CT molecular complexity index is 806. The maximum Gasteiger partial charge on any atom is 0.337 e. The Morgan fingerprint density at radius 2 is 1.46 bits per heavy atom. The van der Waals surface area contributed by atoms with Crippen molar-refractivity contribution in [3.05, 3.63) is 47.0 Å². The average Bonchev–Trinajstić information content (AvgIpc) is 2.67. The van der Waals surface area contributed by atoms with Gasteiger partial charge in [-0.3, -0.25) is 4.79 Å². The Morgan fingerprint density at radius 3 is 1.92 bits per heavy atom. The van der Waals surface area contributed by atoms with E-state index in [0.717, 1.165) is 5.56 Å².